The van der Waals surface area contributed by atoms with Crippen LogP contribution in [0.1, 0.15) is 36.0 Å². The molecular weight excluding hydrogens is 313 g/mol. The van der Waals surface area contributed by atoms with Gasteiger partial charge in [0.05, 0.1) is 10.0 Å². The maximum absolute atomic E-state index is 14.0. The summed E-state index contributed by atoms with van der Waals surface area (Å²) in [4.78, 5) is 14.1. The number of aliphatic hydroxyl groups is 1. The molecule has 0 aliphatic heterocycles. The van der Waals surface area contributed by atoms with E-state index in [1.54, 1.807) is 17.0 Å². The summed E-state index contributed by atoms with van der Waals surface area (Å²) in [5, 5.41) is 8.92. The molecule has 104 valence electrons. The lowest BCUT2D eigenvalue weighted by molar-refractivity contribution is 0.0557. The first-order valence-electron chi connectivity index (χ1n) is 6.51. The number of carbonyl (C=O) groups is 1. The maximum atomic E-state index is 14.0. The van der Waals surface area contributed by atoms with Gasteiger partial charge in [-0.15, -0.1) is 0 Å². The van der Waals surface area contributed by atoms with Gasteiger partial charge in [-0.25, -0.2) is 4.39 Å². The van der Waals surface area contributed by atoms with Crippen LogP contribution in [-0.2, 0) is 0 Å². The minimum absolute atomic E-state index is 0.0392. The summed E-state index contributed by atoms with van der Waals surface area (Å²) in [6.45, 7) is 0.517. The van der Waals surface area contributed by atoms with E-state index in [0.29, 0.717) is 17.4 Å². The van der Waals surface area contributed by atoms with E-state index in [9.17, 15) is 9.18 Å². The molecule has 19 heavy (non-hydrogen) atoms. The first-order chi connectivity index (χ1) is 9.15. The minimum Gasteiger partial charge on any atom is -0.396 e. The molecular formula is C14H17BrFNO2. The van der Waals surface area contributed by atoms with E-state index in [4.69, 9.17) is 5.11 Å². The number of hydrogen-bond acceptors (Lipinski definition) is 2. The van der Waals surface area contributed by atoms with E-state index >= 15 is 0 Å². The standard InChI is InChI=1S/C14H17BrFNO2/c15-12-7-2-6-11(13(12)16)14(19)17(8-3-9-18)10-4-1-5-10/h2,6-7,10,18H,1,3-5,8-9H2. The quantitative estimate of drug-likeness (QED) is 0.902. The number of carbonyl (C=O) groups excluding carboxylic acids is 1. The topological polar surface area (TPSA) is 40.5 Å². The van der Waals surface area contributed by atoms with Gasteiger partial charge in [-0.2, -0.15) is 0 Å². The second-order valence-electron chi connectivity index (χ2n) is 4.76. The van der Waals surface area contributed by atoms with Crippen molar-refractivity contribution in [1.29, 1.82) is 0 Å². The van der Waals surface area contributed by atoms with Gasteiger partial charge in [-0.1, -0.05) is 6.07 Å². The smallest absolute Gasteiger partial charge is 0.257 e. The Morgan fingerprint density at radius 2 is 2.21 bits per heavy atom. The Balaban J connectivity index is 2.20. The predicted molar refractivity (Wildman–Crippen MR) is 74.5 cm³/mol. The highest BCUT2D eigenvalue weighted by molar-refractivity contribution is 9.10. The Bertz CT molecular complexity index is 463. The third kappa shape index (κ3) is 3.15. The van der Waals surface area contributed by atoms with Gasteiger partial charge in [0.2, 0.25) is 0 Å². The molecule has 1 N–H and O–H groups in total. The van der Waals surface area contributed by atoms with Crippen LogP contribution in [-0.4, -0.2) is 35.1 Å². The SMILES string of the molecule is O=C(c1cccc(Br)c1F)N(CCCO)C1CCC1. The summed E-state index contributed by atoms with van der Waals surface area (Å²) in [5.74, 6) is -0.794. The maximum Gasteiger partial charge on any atom is 0.257 e. The molecule has 1 aromatic carbocycles. The average Bonchev–Trinajstić information content (AvgIpc) is 2.34. The predicted octanol–water partition coefficient (Wildman–Crippen LogP) is 2.97. The summed E-state index contributed by atoms with van der Waals surface area (Å²) < 4.78 is 14.3. The molecule has 0 spiro atoms. The third-order valence-corrected chi connectivity index (χ3v) is 4.13. The van der Waals surface area contributed by atoms with E-state index < -0.39 is 5.82 Å². The summed E-state index contributed by atoms with van der Waals surface area (Å²) in [7, 11) is 0. The Morgan fingerprint density at radius 1 is 1.47 bits per heavy atom. The van der Waals surface area contributed by atoms with Crippen LogP contribution in [0, 0.1) is 5.82 Å². The zero-order valence-electron chi connectivity index (χ0n) is 10.6. The van der Waals surface area contributed by atoms with Crippen molar-refractivity contribution in [2.24, 2.45) is 0 Å². The van der Waals surface area contributed by atoms with Crippen LogP contribution in [0.3, 0.4) is 0 Å². The molecule has 0 aromatic heterocycles. The van der Waals surface area contributed by atoms with Gasteiger partial charge >= 0.3 is 0 Å². The zero-order chi connectivity index (χ0) is 13.8. The molecule has 0 bridgehead atoms. The number of hydrogen-bond donors (Lipinski definition) is 1. The highest BCUT2D eigenvalue weighted by Gasteiger charge is 2.30. The highest BCUT2D eigenvalue weighted by atomic mass is 79.9. The van der Waals surface area contributed by atoms with Crippen molar-refractivity contribution in [2.45, 2.75) is 31.7 Å². The first-order valence-corrected chi connectivity index (χ1v) is 7.30. The lowest BCUT2D eigenvalue weighted by Crippen LogP contribution is -2.45. The van der Waals surface area contributed by atoms with Crippen molar-refractivity contribution in [3.05, 3.63) is 34.1 Å². The normalized spacial score (nSPS) is 15.1. The molecule has 1 amide bonds. The van der Waals surface area contributed by atoms with E-state index in [1.807, 2.05) is 0 Å². The van der Waals surface area contributed by atoms with Crippen LogP contribution in [0.4, 0.5) is 4.39 Å². The molecule has 2 rings (SSSR count). The molecule has 0 heterocycles. The third-order valence-electron chi connectivity index (χ3n) is 3.52. The zero-order valence-corrected chi connectivity index (χ0v) is 12.2. The molecule has 0 saturated heterocycles. The lowest BCUT2D eigenvalue weighted by Gasteiger charge is -2.37. The van der Waals surface area contributed by atoms with Gasteiger partial charge in [0, 0.05) is 19.2 Å². The summed E-state index contributed by atoms with van der Waals surface area (Å²) in [5.41, 5.74) is 0.0965. The van der Waals surface area contributed by atoms with Crippen LogP contribution in [0.15, 0.2) is 22.7 Å². The van der Waals surface area contributed by atoms with Crippen LogP contribution in [0.2, 0.25) is 0 Å². The summed E-state index contributed by atoms with van der Waals surface area (Å²) in [6, 6.07) is 4.93. The van der Waals surface area contributed by atoms with Crippen LogP contribution < -0.4 is 0 Å². The van der Waals surface area contributed by atoms with E-state index in [1.165, 1.54) is 6.07 Å². The van der Waals surface area contributed by atoms with Crippen molar-refractivity contribution < 1.29 is 14.3 Å². The summed E-state index contributed by atoms with van der Waals surface area (Å²) in [6.07, 6.45) is 3.56. The highest BCUT2D eigenvalue weighted by Crippen LogP contribution is 2.28. The fourth-order valence-electron chi connectivity index (χ4n) is 2.21. The minimum atomic E-state index is -0.513. The van der Waals surface area contributed by atoms with Gasteiger partial charge in [0.1, 0.15) is 5.82 Å². The van der Waals surface area contributed by atoms with E-state index in [0.717, 1.165) is 19.3 Å². The van der Waals surface area contributed by atoms with Crippen molar-refractivity contribution >= 4 is 21.8 Å². The molecule has 0 atom stereocenters. The number of halogens is 2. The molecule has 1 aromatic rings. The molecule has 1 aliphatic rings. The van der Waals surface area contributed by atoms with Crippen LogP contribution in [0.25, 0.3) is 0 Å². The molecule has 0 unspecified atom stereocenters. The van der Waals surface area contributed by atoms with Crippen molar-refractivity contribution in [1.82, 2.24) is 4.90 Å². The van der Waals surface area contributed by atoms with Gasteiger partial charge in [0.15, 0.2) is 0 Å². The Kier molecular flexibility index (Phi) is 4.93. The first kappa shape index (κ1) is 14.5. The second-order valence-corrected chi connectivity index (χ2v) is 5.62. The van der Waals surface area contributed by atoms with Crippen LogP contribution in [0.5, 0.6) is 0 Å². The fraction of sp³-hybridized carbons (Fsp3) is 0.500. The van der Waals surface area contributed by atoms with E-state index in [2.05, 4.69) is 15.9 Å². The number of rotatable bonds is 5. The largest absolute Gasteiger partial charge is 0.396 e. The average molecular weight is 330 g/mol. The molecule has 1 fully saturated rings. The van der Waals surface area contributed by atoms with Gasteiger partial charge in [-0.3, -0.25) is 4.79 Å². The fourth-order valence-corrected chi connectivity index (χ4v) is 2.58. The second kappa shape index (κ2) is 6.48. The number of nitrogens with zero attached hydrogens (tertiary/aromatic N) is 1. The lowest BCUT2D eigenvalue weighted by atomic mass is 9.90. The van der Waals surface area contributed by atoms with Crippen molar-refractivity contribution in [2.75, 3.05) is 13.2 Å². The molecule has 1 saturated carbocycles. The molecule has 3 nitrogen and oxygen atoms in total. The van der Waals surface area contributed by atoms with Gasteiger partial charge in [-0.05, 0) is 53.7 Å². The summed E-state index contributed by atoms with van der Waals surface area (Å²) >= 11 is 3.10. The number of amides is 1. The van der Waals surface area contributed by atoms with Gasteiger partial charge < -0.3 is 10.0 Å². The monoisotopic (exact) mass is 329 g/mol. The Morgan fingerprint density at radius 3 is 2.79 bits per heavy atom. The number of benzene rings is 1. The van der Waals surface area contributed by atoms with E-state index in [-0.39, 0.29) is 24.1 Å². The molecule has 1 aliphatic carbocycles. The van der Waals surface area contributed by atoms with Crippen molar-refractivity contribution in [3.8, 4) is 0 Å². The Hall–Kier alpha value is -0.940. The van der Waals surface area contributed by atoms with Crippen LogP contribution >= 0.6 is 15.9 Å². The number of aliphatic hydroxyl groups excluding tert-OH is 1. The molecule has 0 radical (unpaired) electrons. The Labute approximate surface area is 120 Å². The molecule has 5 heteroatoms. The van der Waals surface area contributed by atoms with Gasteiger partial charge in [0.25, 0.3) is 5.91 Å². The van der Waals surface area contributed by atoms with Crippen molar-refractivity contribution in [3.63, 3.8) is 0 Å².